The van der Waals surface area contributed by atoms with Crippen molar-refractivity contribution in [1.29, 1.82) is 5.26 Å². The first-order valence-corrected chi connectivity index (χ1v) is 14.5. The van der Waals surface area contributed by atoms with Gasteiger partial charge in [0.05, 0.1) is 24.2 Å². The Kier molecular flexibility index (Phi) is 7.09. The SMILES string of the molecule is C=CC(=O)N1CCN(c2nc(OC[C@@H]3CCCN3C)nc3c2CC[C@]2(C3)C(C)=Cc3ccccc32)C[C@@H]1CC#N. The van der Waals surface area contributed by atoms with E-state index < -0.39 is 0 Å². The Morgan fingerprint density at radius 2 is 2.10 bits per heavy atom. The quantitative estimate of drug-likeness (QED) is 0.516. The number of benzene rings is 1. The normalized spacial score (nSPS) is 25.8. The average molecular weight is 539 g/mol. The number of nitrogens with zero attached hydrogens (tertiary/aromatic N) is 6. The van der Waals surface area contributed by atoms with Gasteiger partial charge in [0.1, 0.15) is 12.4 Å². The molecule has 1 aromatic carbocycles. The van der Waals surface area contributed by atoms with Crippen LogP contribution < -0.4 is 9.64 Å². The van der Waals surface area contributed by atoms with Crippen molar-refractivity contribution in [3.8, 4) is 12.1 Å². The maximum atomic E-state index is 12.5. The predicted octanol–water partition coefficient (Wildman–Crippen LogP) is 3.91. The summed E-state index contributed by atoms with van der Waals surface area (Å²) in [5, 5.41) is 9.51. The van der Waals surface area contributed by atoms with E-state index in [-0.39, 0.29) is 23.8 Å². The van der Waals surface area contributed by atoms with Gasteiger partial charge < -0.3 is 19.4 Å². The van der Waals surface area contributed by atoms with Crippen LogP contribution in [0.3, 0.4) is 0 Å². The van der Waals surface area contributed by atoms with E-state index in [1.54, 1.807) is 4.90 Å². The van der Waals surface area contributed by atoms with Gasteiger partial charge in [-0.05, 0) is 63.4 Å². The standard InChI is InChI=1S/C32H38N6O2/c1-4-29(39)38-17-16-37(20-24(38)12-14-33)30-26-11-13-32(22(2)18-23-8-5-6-10-27(23)32)19-28(26)34-31(35-30)40-21-25-9-7-15-36(25)3/h4-6,8,10,18,24-25H,1,7,9,11-13,15-17,19-21H2,2-3H3/t24-,25-,32-/m0/s1. The van der Waals surface area contributed by atoms with E-state index in [2.05, 4.69) is 66.8 Å². The Hall–Kier alpha value is -3.70. The first-order chi connectivity index (χ1) is 19.4. The molecule has 2 aliphatic carbocycles. The van der Waals surface area contributed by atoms with Gasteiger partial charge in [0.15, 0.2) is 0 Å². The van der Waals surface area contributed by atoms with E-state index in [0.29, 0.717) is 38.3 Å². The van der Waals surface area contributed by atoms with Gasteiger partial charge in [-0.2, -0.15) is 15.2 Å². The van der Waals surface area contributed by atoms with Crippen molar-refractivity contribution >= 4 is 17.8 Å². The summed E-state index contributed by atoms with van der Waals surface area (Å²) in [6.07, 6.45) is 8.92. The molecular formula is C32H38N6O2. The van der Waals surface area contributed by atoms with Gasteiger partial charge in [-0.3, -0.25) is 4.79 Å². The first kappa shape index (κ1) is 26.5. The van der Waals surface area contributed by atoms with Crippen LogP contribution in [0.15, 0.2) is 42.5 Å². The van der Waals surface area contributed by atoms with E-state index >= 15 is 0 Å². The molecule has 8 heteroatoms. The summed E-state index contributed by atoms with van der Waals surface area (Å²) in [4.78, 5) is 28.9. The molecule has 2 fully saturated rings. The number of amides is 1. The molecule has 2 aliphatic heterocycles. The fourth-order valence-electron chi connectivity index (χ4n) is 7.24. The molecule has 0 saturated carbocycles. The topological polar surface area (TPSA) is 85.6 Å². The molecular weight excluding hydrogens is 500 g/mol. The molecule has 0 bridgehead atoms. The lowest BCUT2D eigenvalue weighted by Gasteiger charge is -2.43. The van der Waals surface area contributed by atoms with Crippen molar-refractivity contribution in [1.82, 2.24) is 19.8 Å². The van der Waals surface area contributed by atoms with Crippen LogP contribution in [0.5, 0.6) is 6.01 Å². The van der Waals surface area contributed by atoms with E-state index in [1.807, 2.05) is 0 Å². The Morgan fingerprint density at radius 1 is 1.25 bits per heavy atom. The second-order valence-electron chi connectivity index (χ2n) is 11.7. The van der Waals surface area contributed by atoms with Crippen LogP contribution in [0, 0.1) is 11.3 Å². The molecule has 4 aliphatic rings. The van der Waals surface area contributed by atoms with Crippen molar-refractivity contribution in [3.63, 3.8) is 0 Å². The number of likely N-dealkylation sites (N-methyl/N-ethyl adjacent to an activating group) is 1. The number of ether oxygens (including phenoxy) is 1. The van der Waals surface area contributed by atoms with Crippen molar-refractivity contribution < 1.29 is 9.53 Å². The highest BCUT2D eigenvalue weighted by Crippen LogP contribution is 2.50. The summed E-state index contributed by atoms with van der Waals surface area (Å²) >= 11 is 0. The van der Waals surface area contributed by atoms with Crippen molar-refractivity contribution in [2.75, 3.05) is 44.7 Å². The fraction of sp³-hybridized carbons (Fsp3) is 0.500. The fourth-order valence-corrected chi connectivity index (χ4v) is 7.24. The van der Waals surface area contributed by atoms with Gasteiger partial charge >= 0.3 is 6.01 Å². The molecule has 6 rings (SSSR count). The molecule has 40 heavy (non-hydrogen) atoms. The summed E-state index contributed by atoms with van der Waals surface area (Å²) in [6.45, 7) is 9.29. The second kappa shape index (κ2) is 10.7. The van der Waals surface area contributed by atoms with Crippen LogP contribution in [0.2, 0.25) is 0 Å². The molecule has 3 atom stereocenters. The van der Waals surface area contributed by atoms with Crippen LogP contribution in [-0.4, -0.2) is 77.6 Å². The summed E-state index contributed by atoms with van der Waals surface area (Å²) in [6, 6.07) is 11.6. The lowest BCUT2D eigenvalue weighted by molar-refractivity contribution is -0.128. The molecule has 208 valence electrons. The van der Waals surface area contributed by atoms with Gasteiger partial charge in [0, 0.05) is 43.1 Å². The molecule has 1 aromatic heterocycles. The Bertz CT molecular complexity index is 1400. The van der Waals surface area contributed by atoms with E-state index in [0.717, 1.165) is 43.7 Å². The van der Waals surface area contributed by atoms with E-state index in [9.17, 15) is 10.1 Å². The number of anilines is 1. The highest BCUT2D eigenvalue weighted by Gasteiger charge is 2.44. The third kappa shape index (κ3) is 4.56. The van der Waals surface area contributed by atoms with Gasteiger partial charge in [0.2, 0.25) is 5.91 Å². The van der Waals surface area contributed by atoms with Crippen molar-refractivity contribution in [3.05, 3.63) is 64.9 Å². The monoisotopic (exact) mass is 538 g/mol. The lowest BCUT2D eigenvalue weighted by atomic mass is 9.67. The second-order valence-corrected chi connectivity index (χ2v) is 11.7. The lowest BCUT2D eigenvalue weighted by Crippen LogP contribution is -2.55. The molecule has 8 nitrogen and oxygen atoms in total. The van der Waals surface area contributed by atoms with Crippen LogP contribution in [0.4, 0.5) is 5.82 Å². The molecule has 1 spiro atoms. The number of nitriles is 1. The number of carbonyl (C=O) groups is 1. The number of hydrogen-bond acceptors (Lipinski definition) is 7. The van der Waals surface area contributed by atoms with Gasteiger partial charge in [-0.15, -0.1) is 0 Å². The minimum atomic E-state index is -0.215. The molecule has 0 unspecified atom stereocenters. The smallest absolute Gasteiger partial charge is 0.318 e. The number of allylic oxidation sites excluding steroid dienone is 1. The van der Waals surface area contributed by atoms with Gasteiger partial charge in [-0.25, -0.2) is 0 Å². The molecule has 3 heterocycles. The summed E-state index contributed by atoms with van der Waals surface area (Å²) in [5.41, 5.74) is 6.25. The van der Waals surface area contributed by atoms with E-state index in [4.69, 9.17) is 14.7 Å². The highest BCUT2D eigenvalue weighted by atomic mass is 16.5. The number of rotatable bonds is 6. The van der Waals surface area contributed by atoms with Crippen LogP contribution in [0.1, 0.15) is 55.0 Å². The highest BCUT2D eigenvalue weighted by molar-refractivity contribution is 5.87. The molecule has 0 N–H and O–H groups in total. The number of hydrogen-bond donors (Lipinski definition) is 0. The Morgan fingerprint density at radius 3 is 2.88 bits per heavy atom. The van der Waals surface area contributed by atoms with Crippen LogP contribution in [-0.2, 0) is 23.1 Å². The minimum absolute atomic E-state index is 0.0590. The van der Waals surface area contributed by atoms with E-state index in [1.165, 1.54) is 34.8 Å². The van der Waals surface area contributed by atoms with Crippen molar-refractivity contribution in [2.45, 2.75) is 62.9 Å². The van der Waals surface area contributed by atoms with Gasteiger partial charge in [-0.1, -0.05) is 42.5 Å². The summed E-state index contributed by atoms with van der Waals surface area (Å²) in [7, 11) is 2.15. The molecule has 1 amide bonds. The third-order valence-corrected chi connectivity index (χ3v) is 9.57. The largest absolute Gasteiger partial charge is 0.462 e. The Labute approximate surface area is 237 Å². The summed E-state index contributed by atoms with van der Waals surface area (Å²) < 4.78 is 6.32. The predicted molar refractivity (Wildman–Crippen MR) is 155 cm³/mol. The van der Waals surface area contributed by atoms with Crippen molar-refractivity contribution in [2.24, 2.45) is 0 Å². The van der Waals surface area contributed by atoms with Crippen LogP contribution >= 0.6 is 0 Å². The number of carbonyl (C=O) groups excluding carboxylic acids is 1. The Balaban J connectivity index is 1.35. The zero-order valence-electron chi connectivity index (χ0n) is 23.6. The van der Waals surface area contributed by atoms with Gasteiger partial charge in [0.25, 0.3) is 0 Å². The zero-order chi connectivity index (χ0) is 27.9. The number of likely N-dealkylation sites (tertiary alicyclic amines) is 1. The molecule has 2 saturated heterocycles. The molecule has 0 radical (unpaired) electrons. The average Bonchev–Trinajstić information content (AvgIpc) is 3.50. The number of fused-ring (bicyclic) bond motifs is 3. The summed E-state index contributed by atoms with van der Waals surface area (Å²) in [5.74, 6) is 0.773. The minimum Gasteiger partial charge on any atom is -0.462 e. The zero-order valence-corrected chi connectivity index (χ0v) is 23.6. The molecule has 2 aromatic rings. The maximum Gasteiger partial charge on any atom is 0.318 e. The first-order valence-electron chi connectivity index (χ1n) is 14.5. The number of piperazine rings is 1. The number of aromatic nitrogens is 2. The van der Waals surface area contributed by atoms with Crippen LogP contribution in [0.25, 0.3) is 6.08 Å². The maximum absolute atomic E-state index is 12.5. The third-order valence-electron chi connectivity index (χ3n) is 9.57.